The van der Waals surface area contributed by atoms with Gasteiger partial charge in [-0.3, -0.25) is 4.79 Å². The lowest BCUT2D eigenvalue weighted by atomic mass is 10.1. The van der Waals surface area contributed by atoms with Gasteiger partial charge in [0.15, 0.2) is 6.29 Å². The summed E-state index contributed by atoms with van der Waals surface area (Å²) >= 11 is 5.23. The van der Waals surface area contributed by atoms with Gasteiger partial charge >= 0.3 is 0 Å². The summed E-state index contributed by atoms with van der Waals surface area (Å²) in [5.74, 6) is 0. The first-order valence-electron chi connectivity index (χ1n) is 4.83. The van der Waals surface area contributed by atoms with Crippen LogP contribution in [0.1, 0.15) is 20.8 Å². The molecule has 0 spiro atoms. The van der Waals surface area contributed by atoms with Crippen LogP contribution in [0.2, 0.25) is 0 Å². The molecule has 0 N–H and O–H groups in total. The van der Waals surface area contributed by atoms with E-state index in [-0.39, 0.29) is 0 Å². The molecule has 0 saturated carbocycles. The first kappa shape index (κ1) is 10.2. The Kier molecular flexibility index (Phi) is 2.63. The van der Waals surface area contributed by atoms with Gasteiger partial charge in [-0.05, 0) is 33.8 Å². The molecule has 1 nitrogen and oxygen atoms in total. The van der Waals surface area contributed by atoms with E-state index in [0.717, 1.165) is 18.3 Å². The van der Waals surface area contributed by atoms with Gasteiger partial charge in [0.25, 0.3) is 0 Å². The largest absolute Gasteiger partial charge is 0.298 e. The third-order valence-electron chi connectivity index (χ3n) is 2.51. The molecule has 0 aliphatic heterocycles. The molecule has 80 valence electrons. The summed E-state index contributed by atoms with van der Waals surface area (Å²) in [5.41, 5.74) is 2.18. The molecule has 0 saturated heterocycles. The fraction of sp³-hybridized carbons (Fsp3) is 0.0833. The van der Waals surface area contributed by atoms with E-state index in [2.05, 4.69) is 16.8 Å². The summed E-state index contributed by atoms with van der Waals surface area (Å²) in [6.07, 6.45) is 1.83. The fourth-order valence-corrected chi connectivity index (χ4v) is 4.69. The number of hydrogen-bond donors (Lipinski definition) is 0. The molecule has 0 aliphatic rings. The number of thiophene rings is 3. The molecular formula is C12H8OS3. The van der Waals surface area contributed by atoms with Gasteiger partial charge < -0.3 is 0 Å². The molecule has 0 bridgehead atoms. The number of aldehydes is 1. The molecule has 4 heteroatoms. The Morgan fingerprint density at radius 2 is 2.00 bits per heavy atom. The second-order valence-electron chi connectivity index (χ2n) is 3.47. The third kappa shape index (κ3) is 1.63. The summed E-state index contributed by atoms with van der Waals surface area (Å²) < 4.78 is 2.72. The van der Waals surface area contributed by atoms with Crippen molar-refractivity contribution in [1.82, 2.24) is 0 Å². The second-order valence-corrected chi connectivity index (χ2v) is 6.30. The number of carbonyl (C=O) groups excluding carboxylic acids is 1. The van der Waals surface area contributed by atoms with Crippen LogP contribution in [0.25, 0.3) is 9.40 Å². The summed E-state index contributed by atoms with van der Waals surface area (Å²) in [4.78, 5) is 12.0. The van der Waals surface area contributed by atoms with Crippen LogP contribution in [0.15, 0.2) is 28.3 Å². The van der Waals surface area contributed by atoms with E-state index in [9.17, 15) is 4.79 Å². The van der Waals surface area contributed by atoms with Gasteiger partial charge in [0.1, 0.15) is 0 Å². The normalized spacial score (nSPS) is 11.0. The van der Waals surface area contributed by atoms with E-state index in [1.807, 2.05) is 11.4 Å². The Bertz CT molecular complexity index is 629. The van der Waals surface area contributed by atoms with E-state index in [1.165, 1.54) is 19.8 Å². The maximum atomic E-state index is 10.8. The summed E-state index contributed by atoms with van der Waals surface area (Å²) in [6, 6.07) is 4.05. The van der Waals surface area contributed by atoms with Gasteiger partial charge in [0, 0.05) is 26.3 Å². The zero-order valence-corrected chi connectivity index (χ0v) is 10.8. The van der Waals surface area contributed by atoms with Crippen LogP contribution in [0.3, 0.4) is 0 Å². The second kappa shape index (κ2) is 4.13. The lowest BCUT2D eigenvalue weighted by Crippen LogP contribution is -1.86. The van der Waals surface area contributed by atoms with Crippen molar-refractivity contribution in [3.8, 4) is 0 Å². The SMILES string of the molecule is O=Cc1ccsc1Cc1csc2ccsc12. The predicted octanol–water partition coefficient (Wildman–Crippen LogP) is 4.43. The van der Waals surface area contributed by atoms with Crippen molar-refractivity contribution in [3.05, 3.63) is 44.3 Å². The van der Waals surface area contributed by atoms with Crippen LogP contribution in [-0.2, 0) is 6.42 Å². The van der Waals surface area contributed by atoms with E-state index in [4.69, 9.17) is 0 Å². The Hall–Kier alpha value is -0.970. The molecular weight excluding hydrogens is 256 g/mol. The molecule has 0 atom stereocenters. The van der Waals surface area contributed by atoms with Crippen LogP contribution in [0, 0.1) is 0 Å². The lowest BCUT2D eigenvalue weighted by Gasteiger charge is -1.96. The maximum absolute atomic E-state index is 10.8. The molecule has 0 fully saturated rings. The topological polar surface area (TPSA) is 17.1 Å². The predicted molar refractivity (Wildman–Crippen MR) is 72.2 cm³/mol. The van der Waals surface area contributed by atoms with Crippen LogP contribution in [-0.4, -0.2) is 6.29 Å². The van der Waals surface area contributed by atoms with E-state index in [1.54, 1.807) is 34.0 Å². The van der Waals surface area contributed by atoms with Gasteiger partial charge in [0.05, 0.1) is 0 Å². The minimum atomic E-state index is 0.834. The first-order chi connectivity index (χ1) is 7.88. The van der Waals surface area contributed by atoms with Crippen LogP contribution >= 0.6 is 34.0 Å². The summed E-state index contributed by atoms with van der Waals surface area (Å²) in [6.45, 7) is 0. The van der Waals surface area contributed by atoms with Gasteiger partial charge in [0.2, 0.25) is 0 Å². The van der Waals surface area contributed by atoms with Crippen LogP contribution in [0.4, 0.5) is 0 Å². The maximum Gasteiger partial charge on any atom is 0.151 e. The molecule has 0 unspecified atom stereocenters. The average Bonchev–Trinajstić information content (AvgIpc) is 2.96. The Morgan fingerprint density at radius 3 is 2.88 bits per heavy atom. The molecule has 3 heterocycles. The van der Waals surface area contributed by atoms with Crippen molar-refractivity contribution < 1.29 is 4.79 Å². The minimum Gasteiger partial charge on any atom is -0.298 e. The Morgan fingerprint density at radius 1 is 1.12 bits per heavy atom. The number of rotatable bonds is 3. The Balaban J connectivity index is 2.01. The van der Waals surface area contributed by atoms with E-state index < -0.39 is 0 Å². The van der Waals surface area contributed by atoms with Crippen molar-refractivity contribution in [1.29, 1.82) is 0 Å². The van der Waals surface area contributed by atoms with Gasteiger partial charge in [-0.15, -0.1) is 34.0 Å². The summed E-state index contributed by atoms with van der Waals surface area (Å²) in [5, 5.41) is 6.31. The molecule has 0 aromatic carbocycles. The zero-order valence-electron chi connectivity index (χ0n) is 8.30. The van der Waals surface area contributed by atoms with Crippen LogP contribution in [0.5, 0.6) is 0 Å². The van der Waals surface area contributed by atoms with Crippen LogP contribution < -0.4 is 0 Å². The third-order valence-corrected chi connectivity index (χ3v) is 5.56. The molecule has 3 aromatic rings. The number of carbonyl (C=O) groups is 1. The zero-order chi connectivity index (χ0) is 11.0. The van der Waals surface area contributed by atoms with Crippen molar-refractivity contribution >= 4 is 49.7 Å². The van der Waals surface area contributed by atoms with E-state index in [0.29, 0.717) is 0 Å². The number of hydrogen-bond acceptors (Lipinski definition) is 4. The summed E-state index contributed by atoms with van der Waals surface area (Å²) in [7, 11) is 0. The highest BCUT2D eigenvalue weighted by atomic mass is 32.1. The van der Waals surface area contributed by atoms with Crippen molar-refractivity contribution in [2.24, 2.45) is 0 Å². The highest BCUT2D eigenvalue weighted by molar-refractivity contribution is 7.26. The standard InChI is InChI=1S/C12H8OS3/c13-6-8-1-3-14-11(8)5-9-7-16-10-2-4-15-12(9)10/h1-4,6-7H,5H2. The highest BCUT2D eigenvalue weighted by Crippen LogP contribution is 2.33. The molecule has 0 aliphatic carbocycles. The molecule has 3 rings (SSSR count). The molecule has 0 amide bonds. The van der Waals surface area contributed by atoms with Gasteiger partial charge in [-0.25, -0.2) is 0 Å². The smallest absolute Gasteiger partial charge is 0.151 e. The van der Waals surface area contributed by atoms with Gasteiger partial charge in [-0.1, -0.05) is 0 Å². The van der Waals surface area contributed by atoms with E-state index >= 15 is 0 Å². The fourth-order valence-electron chi connectivity index (χ4n) is 1.71. The van der Waals surface area contributed by atoms with Gasteiger partial charge in [-0.2, -0.15) is 0 Å². The molecule has 16 heavy (non-hydrogen) atoms. The monoisotopic (exact) mass is 264 g/mol. The van der Waals surface area contributed by atoms with Crippen molar-refractivity contribution in [2.75, 3.05) is 0 Å². The number of fused-ring (bicyclic) bond motifs is 1. The molecule has 0 radical (unpaired) electrons. The quantitative estimate of drug-likeness (QED) is 0.640. The molecule has 3 aromatic heterocycles. The van der Waals surface area contributed by atoms with Crippen molar-refractivity contribution in [2.45, 2.75) is 6.42 Å². The minimum absolute atomic E-state index is 0.834. The highest BCUT2D eigenvalue weighted by Gasteiger charge is 2.09. The Labute approximate surface area is 105 Å². The van der Waals surface area contributed by atoms with Crippen molar-refractivity contribution in [3.63, 3.8) is 0 Å². The lowest BCUT2D eigenvalue weighted by molar-refractivity contribution is 0.112. The first-order valence-corrected chi connectivity index (χ1v) is 7.47. The average molecular weight is 264 g/mol.